The molecule has 1 aromatic heterocycles. The van der Waals surface area contributed by atoms with Gasteiger partial charge in [0.1, 0.15) is 11.3 Å². The van der Waals surface area contributed by atoms with Crippen molar-refractivity contribution in [2.75, 3.05) is 18.1 Å². The molecule has 1 unspecified atom stereocenters. The Bertz CT molecular complexity index is 487. The molecule has 0 aliphatic heterocycles. The van der Waals surface area contributed by atoms with Crippen LogP contribution in [0.4, 0.5) is 0 Å². The summed E-state index contributed by atoms with van der Waals surface area (Å²) in [4.78, 5) is 0. The minimum atomic E-state index is 0.311. The molecule has 0 radical (unpaired) electrons. The molecule has 2 aromatic rings. The predicted octanol–water partition coefficient (Wildman–Crippen LogP) is 4.86. The van der Waals surface area contributed by atoms with E-state index in [0.29, 0.717) is 6.04 Å². The number of rotatable bonds is 8. The summed E-state index contributed by atoms with van der Waals surface area (Å²) >= 11 is 2.00. The second kappa shape index (κ2) is 7.75. The van der Waals surface area contributed by atoms with Crippen molar-refractivity contribution in [3.8, 4) is 0 Å². The number of benzene rings is 1. The molecule has 0 fully saturated rings. The van der Waals surface area contributed by atoms with Crippen LogP contribution < -0.4 is 5.32 Å². The van der Waals surface area contributed by atoms with E-state index in [9.17, 15) is 0 Å². The topological polar surface area (TPSA) is 25.2 Å². The molecule has 0 saturated heterocycles. The fourth-order valence-electron chi connectivity index (χ4n) is 2.16. The first-order valence-electron chi connectivity index (χ1n) is 7.50. The molecule has 0 amide bonds. The number of furan rings is 1. The minimum Gasteiger partial charge on any atom is -0.459 e. The standard InChI is InChI=1S/C17H25NOS/c1-4-9-18-15(12-20-11-13(2)3)17-10-14-7-5-6-8-16(14)19-17/h5-8,10,13,15,18H,4,9,11-12H2,1-3H3. The third-order valence-corrected chi connectivity index (χ3v) is 4.64. The highest BCUT2D eigenvalue weighted by molar-refractivity contribution is 7.99. The number of para-hydroxylation sites is 1. The molecule has 0 saturated carbocycles. The first-order valence-corrected chi connectivity index (χ1v) is 8.65. The SMILES string of the molecule is CCCNC(CSCC(C)C)c1cc2ccccc2o1. The number of hydrogen-bond donors (Lipinski definition) is 1. The quantitative estimate of drug-likeness (QED) is 0.751. The molecule has 1 N–H and O–H groups in total. The smallest absolute Gasteiger partial charge is 0.134 e. The van der Waals surface area contributed by atoms with Gasteiger partial charge in [-0.25, -0.2) is 0 Å². The van der Waals surface area contributed by atoms with Crippen molar-refractivity contribution in [3.05, 3.63) is 36.1 Å². The van der Waals surface area contributed by atoms with Gasteiger partial charge in [-0.05, 0) is 36.8 Å². The van der Waals surface area contributed by atoms with E-state index in [1.807, 2.05) is 23.9 Å². The lowest BCUT2D eigenvalue weighted by atomic mass is 10.2. The summed E-state index contributed by atoms with van der Waals surface area (Å²) in [5.74, 6) is 4.07. The largest absolute Gasteiger partial charge is 0.459 e. The van der Waals surface area contributed by atoms with Crippen molar-refractivity contribution in [3.63, 3.8) is 0 Å². The Morgan fingerprint density at radius 2 is 2.00 bits per heavy atom. The van der Waals surface area contributed by atoms with Crippen LogP contribution in [0.15, 0.2) is 34.7 Å². The van der Waals surface area contributed by atoms with Crippen molar-refractivity contribution >= 4 is 22.7 Å². The third-order valence-electron chi connectivity index (χ3n) is 3.16. The van der Waals surface area contributed by atoms with Crippen molar-refractivity contribution in [2.45, 2.75) is 33.2 Å². The van der Waals surface area contributed by atoms with Crippen LogP contribution >= 0.6 is 11.8 Å². The molecule has 1 atom stereocenters. The fourth-order valence-corrected chi connectivity index (χ4v) is 3.28. The first-order chi connectivity index (χ1) is 9.70. The van der Waals surface area contributed by atoms with E-state index < -0.39 is 0 Å². The zero-order valence-electron chi connectivity index (χ0n) is 12.7. The van der Waals surface area contributed by atoms with Crippen LogP contribution in [-0.2, 0) is 0 Å². The second-order valence-electron chi connectivity index (χ2n) is 5.62. The van der Waals surface area contributed by atoms with E-state index in [2.05, 4.69) is 44.3 Å². The second-order valence-corrected chi connectivity index (χ2v) is 6.70. The lowest BCUT2D eigenvalue weighted by Gasteiger charge is -2.16. The number of thioether (sulfide) groups is 1. The highest BCUT2D eigenvalue weighted by Crippen LogP contribution is 2.26. The summed E-state index contributed by atoms with van der Waals surface area (Å²) in [6.07, 6.45) is 1.14. The van der Waals surface area contributed by atoms with E-state index in [4.69, 9.17) is 4.42 Å². The molecule has 3 heteroatoms. The van der Waals surface area contributed by atoms with Crippen molar-refractivity contribution in [1.82, 2.24) is 5.32 Å². The summed E-state index contributed by atoms with van der Waals surface area (Å²) in [6, 6.07) is 10.7. The zero-order chi connectivity index (χ0) is 14.4. The van der Waals surface area contributed by atoms with Crippen molar-refractivity contribution < 1.29 is 4.42 Å². The van der Waals surface area contributed by atoms with E-state index in [-0.39, 0.29) is 0 Å². The number of nitrogens with one attached hydrogen (secondary N) is 1. The molecule has 1 aromatic carbocycles. The summed E-state index contributed by atoms with van der Waals surface area (Å²) in [7, 11) is 0. The Morgan fingerprint density at radius 3 is 2.70 bits per heavy atom. The highest BCUT2D eigenvalue weighted by Gasteiger charge is 2.15. The molecule has 0 aliphatic rings. The van der Waals surface area contributed by atoms with Crippen LogP contribution in [0.3, 0.4) is 0 Å². The van der Waals surface area contributed by atoms with Crippen molar-refractivity contribution in [2.24, 2.45) is 5.92 Å². The molecule has 110 valence electrons. The first kappa shape index (κ1) is 15.5. The van der Waals surface area contributed by atoms with Gasteiger partial charge in [0.05, 0.1) is 6.04 Å². The third kappa shape index (κ3) is 4.29. The predicted molar refractivity (Wildman–Crippen MR) is 89.4 cm³/mol. The monoisotopic (exact) mass is 291 g/mol. The van der Waals surface area contributed by atoms with Crippen LogP contribution in [0.25, 0.3) is 11.0 Å². The maximum atomic E-state index is 6.01. The number of fused-ring (bicyclic) bond motifs is 1. The molecule has 0 spiro atoms. The average molecular weight is 291 g/mol. The highest BCUT2D eigenvalue weighted by atomic mass is 32.2. The number of hydrogen-bond acceptors (Lipinski definition) is 3. The normalized spacial score (nSPS) is 13.2. The van der Waals surface area contributed by atoms with Crippen LogP contribution in [0.5, 0.6) is 0 Å². The molecular formula is C17H25NOS. The zero-order valence-corrected chi connectivity index (χ0v) is 13.5. The van der Waals surface area contributed by atoms with Gasteiger partial charge in [-0.1, -0.05) is 39.0 Å². The van der Waals surface area contributed by atoms with Crippen LogP contribution in [0.2, 0.25) is 0 Å². The van der Waals surface area contributed by atoms with Gasteiger partial charge in [-0.3, -0.25) is 0 Å². The Balaban J connectivity index is 2.07. The summed E-state index contributed by atoms with van der Waals surface area (Å²) < 4.78 is 6.01. The molecule has 0 aliphatic carbocycles. The van der Waals surface area contributed by atoms with Gasteiger partial charge in [0.15, 0.2) is 0 Å². The van der Waals surface area contributed by atoms with Crippen LogP contribution in [-0.4, -0.2) is 18.1 Å². The Morgan fingerprint density at radius 1 is 1.20 bits per heavy atom. The van der Waals surface area contributed by atoms with E-state index >= 15 is 0 Å². The maximum absolute atomic E-state index is 6.01. The van der Waals surface area contributed by atoms with Crippen LogP contribution in [0, 0.1) is 5.92 Å². The summed E-state index contributed by atoms with van der Waals surface area (Å²) in [6.45, 7) is 7.76. The molecular weight excluding hydrogens is 266 g/mol. The molecule has 2 rings (SSSR count). The van der Waals surface area contributed by atoms with Gasteiger partial charge >= 0.3 is 0 Å². The Labute approximate surface area is 126 Å². The van der Waals surface area contributed by atoms with Gasteiger partial charge < -0.3 is 9.73 Å². The maximum Gasteiger partial charge on any atom is 0.134 e. The molecule has 20 heavy (non-hydrogen) atoms. The fraction of sp³-hybridized carbons (Fsp3) is 0.529. The lowest BCUT2D eigenvalue weighted by molar-refractivity contribution is 0.456. The van der Waals surface area contributed by atoms with Gasteiger partial charge in [0, 0.05) is 11.1 Å². The van der Waals surface area contributed by atoms with Gasteiger partial charge in [-0.2, -0.15) is 11.8 Å². The molecule has 1 heterocycles. The lowest BCUT2D eigenvalue weighted by Crippen LogP contribution is -2.24. The van der Waals surface area contributed by atoms with Crippen molar-refractivity contribution in [1.29, 1.82) is 0 Å². The summed E-state index contributed by atoms with van der Waals surface area (Å²) in [5, 5.41) is 4.80. The van der Waals surface area contributed by atoms with Gasteiger partial charge in [-0.15, -0.1) is 0 Å². The molecule has 0 bridgehead atoms. The Kier molecular flexibility index (Phi) is 5.99. The average Bonchev–Trinajstić information content (AvgIpc) is 2.85. The summed E-state index contributed by atoms with van der Waals surface area (Å²) in [5.41, 5.74) is 0.986. The minimum absolute atomic E-state index is 0.311. The van der Waals surface area contributed by atoms with E-state index in [1.165, 1.54) is 11.1 Å². The van der Waals surface area contributed by atoms with Crippen LogP contribution in [0.1, 0.15) is 39.0 Å². The Hall–Kier alpha value is -0.930. The van der Waals surface area contributed by atoms with Gasteiger partial charge in [0.2, 0.25) is 0 Å². The molecule has 2 nitrogen and oxygen atoms in total. The van der Waals surface area contributed by atoms with E-state index in [0.717, 1.165) is 36.0 Å². The van der Waals surface area contributed by atoms with E-state index in [1.54, 1.807) is 0 Å². The van der Waals surface area contributed by atoms with Gasteiger partial charge in [0.25, 0.3) is 0 Å².